The zero-order chi connectivity index (χ0) is 17.8. The van der Waals surface area contributed by atoms with Gasteiger partial charge in [0.1, 0.15) is 0 Å². The topological polar surface area (TPSA) is 71.0 Å². The van der Waals surface area contributed by atoms with Gasteiger partial charge in [0.2, 0.25) is 11.5 Å². The van der Waals surface area contributed by atoms with Crippen LogP contribution in [0.3, 0.4) is 0 Å². The van der Waals surface area contributed by atoms with Crippen LogP contribution >= 0.6 is 36.7 Å². The van der Waals surface area contributed by atoms with Crippen LogP contribution in [0.25, 0.3) is 22.3 Å². The van der Waals surface area contributed by atoms with Gasteiger partial charge in [-0.05, 0) is 36.1 Å². The molecule has 3 heterocycles. The lowest BCUT2D eigenvalue weighted by atomic mass is 10.0. The molecular weight excluding hydrogens is 396 g/mol. The van der Waals surface area contributed by atoms with Gasteiger partial charge in [-0.3, -0.25) is 0 Å². The average Bonchev–Trinajstić information content (AvgIpc) is 2.67. The molecule has 0 spiro atoms. The molecule has 130 valence electrons. The molecular formula is C17H8O6S3. The van der Waals surface area contributed by atoms with Crippen molar-refractivity contribution in [2.75, 3.05) is 0 Å². The molecule has 0 N–H and O–H groups in total. The number of benzene rings is 2. The van der Waals surface area contributed by atoms with E-state index in [1.807, 2.05) is 12.1 Å². The number of aryl methyl sites for hydroxylation is 2. The predicted octanol–water partition coefficient (Wildman–Crippen LogP) is 5.67. The summed E-state index contributed by atoms with van der Waals surface area (Å²) in [6, 6.07) is 7.11. The highest BCUT2D eigenvalue weighted by Gasteiger charge is 2.23. The first-order valence-electron chi connectivity index (χ1n) is 7.59. The smallest absolute Gasteiger partial charge is 0.363 e. The molecule has 26 heavy (non-hydrogen) atoms. The Kier molecular flexibility index (Phi) is 3.49. The molecule has 0 amide bonds. The van der Waals surface area contributed by atoms with E-state index in [1.165, 1.54) is 0 Å². The molecule has 0 saturated heterocycles. The summed E-state index contributed by atoms with van der Waals surface area (Å²) in [7, 11) is 0. The summed E-state index contributed by atoms with van der Waals surface area (Å²) in [6.45, 7) is 0. The fourth-order valence-corrected chi connectivity index (χ4v) is 3.50. The fraction of sp³-hybridized carbons (Fsp3) is 0.118. The quantitative estimate of drug-likeness (QED) is 0.441. The first-order chi connectivity index (χ1) is 12.6. The van der Waals surface area contributed by atoms with Gasteiger partial charge in [0, 0.05) is 36.7 Å². The van der Waals surface area contributed by atoms with Crippen LogP contribution in [0, 0.1) is 9.81 Å². The molecule has 0 fully saturated rings. The first kappa shape index (κ1) is 15.7. The van der Waals surface area contributed by atoms with E-state index in [-0.39, 0.29) is 37.7 Å². The van der Waals surface area contributed by atoms with E-state index in [2.05, 4.69) is 0 Å². The lowest BCUT2D eigenvalue weighted by Gasteiger charge is -2.12. The Morgan fingerprint density at radius 3 is 1.58 bits per heavy atom. The summed E-state index contributed by atoms with van der Waals surface area (Å²) >= 11 is 15.7. The second-order valence-electron chi connectivity index (χ2n) is 5.62. The highest BCUT2D eigenvalue weighted by Crippen LogP contribution is 2.37. The minimum Gasteiger partial charge on any atom is -0.413 e. The Morgan fingerprint density at radius 2 is 1.08 bits per heavy atom. The average molecular weight is 404 g/mol. The number of hydrogen-bond acceptors (Lipinski definition) is 9. The van der Waals surface area contributed by atoms with Crippen molar-refractivity contribution in [3.05, 3.63) is 45.2 Å². The summed E-state index contributed by atoms with van der Waals surface area (Å²) in [5.41, 5.74) is 2.93. The van der Waals surface area contributed by atoms with Gasteiger partial charge in [0.25, 0.3) is 0 Å². The van der Waals surface area contributed by atoms with Gasteiger partial charge >= 0.3 is 15.0 Å². The van der Waals surface area contributed by atoms with Gasteiger partial charge in [0.05, 0.1) is 0 Å². The van der Waals surface area contributed by atoms with Crippen LogP contribution in [0.5, 0.6) is 11.5 Å². The molecule has 2 aromatic rings. The summed E-state index contributed by atoms with van der Waals surface area (Å²) in [4.78, 5) is -0.235. The van der Waals surface area contributed by atoms with Crippen molar-refractivity contribution in [2.45, 2.75) is 12.8 Å². The summed E-state index contributed by atoms with van der Waals surface area (Å²) in [5.74, 6) is 0.401. The van der Waals surface area contributed by atoms with Gasteiger partial charge < -0.3 is 27.1 Å². The largest absolute Gasteiger partial charge is 0.413 e. The Labute approximate surface area is 160 Å². The Balaban J connectivity index is 2.21. The minimum atomic E-state index is -0.161. The van der Waals surface area contributed by atoms with Crippen LogP contribution in [0.2, 0.25) is 0 Å². The lowest BCUT2D eigenvalue weighted by molar-refractivity contribution is 0.341. The van der Waals surface area contributed by atoms with Crippen LogP contribution < -0.4 is 9.47 Å². The third-order valence-electron chi connectivity index (χ3n) is 4.11. The maximum absolute atomic E-state index is 5.78. The highest BCUT2D eigenvalue weighted by atomic mass is 32.1. The van der Waals surface area contributed by atoms with Gasteiger partial charge in [-0.25, -0.2) is 0 Å². The van der Waals surface area contributed by atoms with Gasteiger partial charge in [-0.2, -0.15) is 0 Å². The van der Waals surface area contributed by atoms with Crippen LogP contribution in [-0.4, -0.2) is 5.24 Å². The Bertz CT molecular complexity index is 1210. The molecule has 4 bridgehead atoms. The minimum absolute atomic E-state index is 0.102. The van der Waals surface area contributed by atoms with Gasteiger partial charge in [0.15, 0.2) is 22.3 Å². The molecule has 3 aliphatic rings. The van der Waals surface area contributed by atoms with E-state index >= 15 is 0 Å². The van der Waals surface area contributed by atoms with Gasteiger partial charge in [-0.15, -0.1) is 0 Å². The first-order valence-corrected chi connectivity index (χ1v) is 8.82. The zero-order valence-corrected chi connectivity index (χ0v) is 15.3. The van der Waals surface area contributed by atoms with Crippen LogP contribution in [0.15, 0.2) is 41.9 Å². The summed E-state index contributed by atoms with van der Waals surface area (Å²) in [6.07, 6.45) is 1.31. The molecule has 0 radical (unpaired) electrons. The SMILES string of the molecule is S=C1Oc2c3ccc4c2oc(=S)oc2c(ccc(oc(=S)o3)c2O1)CC4. The molecule has 9 heteroatoms. The lowest BCUT2D eigenvalue weighted by Crippen LogP contribution is -2.14. The third kappa shape index (κ3) is 2.47. The number of ether oxygens (including phenoxy) is 2. The second-order valence-corrected chi connectivity index (χ2v) is 6.62. The highest BCUT2D eigenvalue weighted by molar-refractivity contribution is 7.79. The van der Waals surface area contributed by atoms with E-state index in [9.17, 15) is 0 Å². The fourth-order valence-electron chi connectivity index (χ4n) is 2.99. The number of thiocarbonyl (C=S) groups is 1. The molecule has 6 nitrogen and oxygen atoms in total. The van der Waals surface area contributed by atoms with Gasteiger partial charge in [-0.1, -0.05) is 12.1 Å². The predicted molar refractivity (Wildman–Crippen MR) is 99.9 cm³/mol. The molecule has 0 aliphatic carbocycles. The maximum atomic E-state index is 5.78. The number of hydrogen-bond donors (Lipinski definition) is 0. The van der Waals surface area contributed by atoms with E-state index in [4.69, 9.17) is 63.8 Å². The van der Waals surface area contributed by atoms with Crippen molar-refractivity contribution < 1.29 is 27.1 Å². The van der Waals surface area contributed by atoms with Crippen molar-refractivity contribution in [1.29, 1.82) is 0 Å². The summed E-state index contributed by atoms with van der Waals surface area (Å²) < 4.78 is 34.3. The third-order valence-corrected chi connectivity index (χ3v) is 4.61. The maximum Gasteiger partial charge on any atom is 0.363 e. The molecule has 0 aromatic heterocycles. The van der Waals surface area contributed by atoms with E-state index in [0.717, 1.165) is 11.1 Å². The van der Waals surface area contributed by atoms with Crippen molar-refractivity contribution in [1.82, 2.24) is 0 Å². The summed E-state index contributed by atoms with van der Waals surface area (Å²) in [5, 5.41) is -0.161. The Hall–Kier alpha value is -2.49. The molecule has 3 aliphatic heterocycles. The van der Waals surface area contributed by atoms with E-state index in [0.29, 0.717) is 24.0 Å². The van der Waals surface area contributed by atoms with Crippen molar-refractivity contribution in [3.8, 4) is 11.5 Å². The second kappa shape index (κ2) is 5.76. The molecule has 2 aromatic carbocycles. The van der Waals surface area contributed by atoms with E-state index in [1.54, 1.807) is 12.1 Å². The molecule has 0 unspecified atom stereocenters. The van der Waals surface area contributed by atoms with Crippen molar-refractivity contribution in [3.63, 3.8) is 0 Å². The number of fused-ring (bicyclic) bond motifs is 4. The van der Waals surface area contributed by atoms with Crippen LogP contribution in [0.4, 0.5) is 0 Å². The van der Waals surface area contributed by atoms with Crippen LogP contribution in [-0.2, 0) is 12.8 Å². The van der Waals surface area contributed by atoms with E-state index < -0.39 is 0 Å². The Morgan fingerprint density at radius 1 is 0.615 bits per heavy atom. The normalized spacial score (nSPS) is 14.1. The zero-order valence-electron chi connectivity index (χ0n) is 12.9. The monoisotopic (exact) mass is 404 g/mol. The van der Waals surface area contributed by atoms with Crippen LogP contribution in [0.1, 0.15) is 11.1 Å². The van der Waals surface area contributed by atoms with Crippen molar-refractivity contribution in [2.24, 2.45) is 0 Å². The molecule has 5 rings (SSSR count). The molecule has 0 saturated carbocycles. The molecule has 0 atom stereocenters. The number of rotatable bonds is 0. The van der Waals surface area contributed by atoms with Crippen molar-refractivity contribution >= 4 is 64.2 Å². The standard InChI is InChI=1S/C17H8O6S3/c24-15-18-9-5-3-7-1-2-8-4-6-10(19-15)14-12(8)21-16(25)20-11(7)13(9)22-17(26)23-14/h3-6H,1-2H2.